The van der Waals surface area contributed by atoms with E-state index in [4.69, 9.17) is 11.6 Å². The number of halogens is 2. The lowest BCUT2D eigenvalue weighted by molar-refractivity contribution is 0.101. The number of carbonyl (C=O) groups excluding carboxylic acids is 1. The van der Waals surface area contributed by atoms with Crippen LogP contribution in [0.15, 0.2) is 24.4 Å². The van der Waals surface area contributed by atoms with Crippen molar-refractivity contribution in [1.29, 1.82) is 0 Å². The van der Waals surface area contributed by atoms with Crippen LogP contribution in [0.2, 0.25) is 5.02 Å². The van der Waals surface area contributed by atoms with E-state index >= 15 is 0 Å². The molecule has 18 heavy (non-hydrogen) atoms. The zero-order valence-electron chi connectivity index (χ0n) is 9.87. The van der Waals surface area contributed by atoms with Crippen molar-refractivity contribution in [1.82, 2.24) is 9.78 Å². The minimum absolute atomic E-state index is 0.190. The number of nitrogens with one attached hydrogen (secondary N) is 1. The molecule has 1 N–H and O–H groups in total. The van der Waals surface area contributed by atoms with Crippen LogP contribution in [0.5, 0.6) is 0 Å². The van der Waals surface area contributed by atoms with Gasteiger partial charge in [0.05, 0.1) is 9.77 Å². The Hall–Kier alpha value is -1.08. The van der Waals surface area contributed by atoms with Crippen LogP contribution >= 0.6 is 34.2 Å². The van der Waals surface area contributed by atoms with Crippen molar-refractivity contribution in [2.45, 2.75) is 6.92 Å². The van der Waals surface area contributed by atoms with E-state index in [-0.39, 0.29) is 5.91 Å². The van der Waals surface area contributed by atoms with Crippen molar-refractivity contribution in [3.8, 4) is 0 Å². The second-order valence-electron chi connectivity index (χ2n) is 3.88. The molecule has 0 bridgehead atoms. The van der Waals surface area contributed by atoms with Gasteiger partial charge in [0.1, 0.15) is 5.69 Å². The van der Waals surface area contributed by atoms with Gasteiger partial charge >= 0.3 is 0 Å². The zero-order chi connectivity index (χ0) is 13.3. The SMILES string of the molecule is Cc1ccc(Cl)cc1NC(=O)c1c(I)cnn1C. The van der Waals surface area contributed by atoms with Gasteiger partial charge in [-0.25, -0.2) is 0 Å². The Morgan fingerprint density at radius 2 is 2.22 bits per heavy atom. The molecule has 6 heteroatoms. The monoisotopic (exact) mass is 375 g/mol. The summed E-state index contributed by atoms with van der Waals surface area (Å²) in [4.78, 5) is 12.2. The maximum atomic E-state index is 12.2. The van der Waals surface area contributed by atoms with Gasteiger partial charge in [-0.05, 0) is 47.2 Å². The first kappa shape index (κ1) is 13.4. The number of anilines is 1. The van der Waals surface area contributed by atoms with Crippen molar-refractivity contribution < 1.29 is 4.79 Å². The van der Waals surface area contributed by atoms with Crippen LogP contribution in [0.3, 0.4) is 0 Å². The summed E-state index contributed by atoms with van der Waals surface area (Å²) in [6, 6.07) is 5.39. The second kappa shape index (κ2) is 5.27. The number of hydrogen-bond acceptors (Lipinski definition) is 2. The first-order valence-corrected chi connectivity index (χ1v) is 6.69. The molecule has 2 aromatic rings. The number of nitrogens with zero attached hydrogens (tertiary/aromatic N) is 2. The first-order valence-electron chi connectivity index (χ1n) is 5.24. The van der Waals surface area contributed by atoms with Gasteiger partial charge in [0.2, 0.25) is 0 Å². The quantitative estimate of drug-likeness (QED) is 0.819. The Bertz CT molecular complexity index is 590. The number of benzene rings is 1. The number of aryl methyl sites for hydroxylation is 2. The van der Waals surface area contributed by atoms with E-state index in [0.29, 0.717) is 16.4 Å². The Kier molecular flexibility index (Phi) is 3.91. The summed E-state index contributed by atoms with van der Waals surface area (Å²) in [5.41, 5.74) is 2.21. The Labute approximate surface area is 123 Å². The molecule has 0 saturated carbocycles. The molecule has 94 valence electrons. The molecule has 2 rings (SSSR count). The summed E-state index contributed by atoms with van der Waals surface area (Å²) in [7, 11) is 1.74. The Morgan fingerprint density at radius 3 is 2.83 bits per heavy atom. The van der Waals surface area contributed by atoms with Crippen molar-refractivity contribution in [2.24, 2.45) is 7.05 Å². The van der Waals surface area contributed by atoms with Crippen molar-refractivity contribution in [2.75, 3.05) is 5.32 Å². The van der Waals surface area contributed by atoms with E-state index in [0.717, 1.165) is 9.13 Å². The summed E-state index contributed by atoms with van der Waals surface area (Å²) < 4.78 is 2.36. The molecule has 0 saturated heterocycles. The smallest absolute Gasteiger partial charge is 0.275 e. The molecular formula is C12H11ClIN3O. The average molecular weight is 376 g/mol. The Morgan fingerprint density at radius 1 is 1.50 bits per heavy atom. The van der Waals surface area contributed by atoms with Crippen LogP contribution in [0.4, 0.5) is 5.69 Å². The van der Waals surface area contributed by atoms with Gasteiger partial charge in [-0.2, -0.15) is 5.10 Å². The topological polar surface area (TPSA) is 46.9 Å². The van der Waals surface area contributed by atoms with Crippen LogP contribution in [0, 0.1) is 10.5 Å². The summed E-state index contributed by atoms with van der Waals surface area (Å²) >= 11 is 8.00. The molecule has 0 aliphatic heterocycles. The third-order valence-electron chi connectivity index (χ3n) is 2.56. The summed E-state index contributed by atoms with van der Waals surface area (Å²) in [6.45, 7) is 1.92. The van der Waals surface area contributed by atoms with E-state index in [1.807, 2.05) is 13.0 Å². The van der Waals surface area contributed by atoms with Crippen LogP contribution in [-0.2, 0) is 7.05 Å². The number of hydrogen-bond donors (Lipinski definition) is 1. The molecular weight excluding hydrogens is 365 g/mol. The molecule has 0 fully saturated rings. The number of rotatable bonds is 2. The molecule has 1 heterocycles. The molecule has 0 aliphatic rings. The van der Waals surface area contributed by atoms with Crippen molar-refractivity contribution in [3.05, 3.63) is 44.2 Å². The Balaban J connectivity index is 2.30. The van der Waals surface area contributed by atoms with Crippen LogP contribution in [-0.4, -0.2) is 15.7 Å². The van der Waals surface area contributed by atoms with Gasteiger partial charge in [0, 0.05) is 17.8 Å². The van der Waals surface area contributed by atoms with Crippen LogP contribution in [0.1, 0.15) is 16.1 Å². The number of aromatic nitrogens is 2. The minimum atomic E-state index is -0.190. The molecule has 0 atom stereocenters. The largest absolute Gasteiger partial charge is 0.320 e. The van der Waals surface area contributed by atoms with E-state index < -0.39 is 0 Å². The lowest BCUT2D eigenvalue weighted by Gasteiger charge is -2.09. The normalized spacial score (nSPS) is 10.4. The lowest BCUT2D eigenvalue weighted by Crippen LogP contribution is -2.17. The maximum absolute atomic E-state index is 12.2. The van der Waals surface area contributed by atoms with E-state index in [1.165, 1.54) is 0 Å². The molecule has 1 amide bonds. The molecule has 0 spiro atoms. The van der Waals surface area contributed by atoms with E-state index in [2.05, 4.69) is 33.0 Å². The average Bonchev–Trinajstić information content (AvgIpc) is 2.63. The third-order valence-corrected chi connectivity index (χ3v) is 3.58. The highest BCUT2D eigenvalue weighted by molar-refractivity contribution is 14.1. The second-order valence-corrected chi connectivity index (χ2v) is 5.48. The predicted molar refractivity (Wildman–Crippen MR) is 80.1 cm³/mol. The fourth-order valence-corrected chi connectivity index (χ4v) is 2.47. The highest BCUT2D eigenvalue weighted by Gasteiger charge is 2.16. The first-order chi connectivity index (χ1) is 8.49. The molecule has 0 aliphatic carbocycles. The van der Waals surface area contributed by atoms with Gasteiger partial charge in [0.15, 0.2) is 0 Å². The van der Waals surface area contributed by atoms with Gasteiger partial charge in [0.25, 0.3) is 5.91 Å². The van der Waals surface area contributed by atoms with Gasteiger partial charge in [-0.1, -0.05) is 17.7 Å². The molecule has 0 radical (unpaired) electrons. The standard InChI is InChI=1S/C12H11ClIN3O/c1-7-3-4-8(13)5-10(7)16-12(18)11-9(14)6-15-17(11)2/h3-6H,1-2H3,(H,16,18). The van der Waals surface area contributed by atoms with E-state index in [9.17, 15) is 4.79 Å². The van der Waals surface area contributed by atoms with Crippen LogP contribution < -0.4 is 5.32 Å². The summed E-state index contributed by atoms with van der Waals surface area (Å²) in [6.07, 6.45) is 1.65. The molecule has 4 nitrogen and oxygen atoms in total. The fraction of sp³-hybridized carbons (Fsp3) is 0.167. The van der Waals surface area contributed by atoms with Crippen LogP contribution in [0.25, 0.3) is 0 Å². The number of carbonyl (C=O) groups is 1. The minimum Gasteiger partial charge on any atom is -0.320 e. The van der Waals surface area contributed by atoms with E-state index in [1.54, 1.807) is 30.1 Å². The zero-order valence-corrected chi connectivity index (χ0v) is 12.8. The maximum Gasteiger partial charge on any atom is 0.275 e. The van der Waals surface area contributed by atoms with Gasteiger partial charge in [-0.15, -0.1) is 0 Å². The van der Waals surface area contributed by atoms with Crippen molar-refractivity contribution >= 4 is 45.8 Å². The lowest BCUT2D eigenvalue weighted by atomic mass is 10.2. The fourth-order valence-electron chi connectivity index (χ4n) is 1.58. The predicted octanol–water partition coefficient (Wildman–Crippen LogP) is 3.24. The number of amides is 1. The molecule has 0 unspecified atom stereocenters. The molecule has 1 aromatic heterocycles. The molecule has 1 aromatic carbocycles. The van der Waals surface area contributed by atoms with Gasteiger partial charge < -0.3 is 5.32 Å². The summed E-state index contributed by atoms with van der Waals surface area (Å²) in [5.74, 6) is -0.190. The van der Waals surface area contributed by atoms with Gasteiger partial charge in [-0.3, -0.25) is 9.48 Å². The third kappa shape index (κ3) is 2.67. The van der Waals surface area contributed by atoms with Crippen molar-refractivity contribution in [3.63, 3.8) is 0 Å². The summed E-state index contributed by atoms with van der Waals surface area (Å²) in [5, 5.41) is 7.48. The highest BCUT2D eigenvalue weighted by atomic mass is 127. The highest BCUT2D eigenvalue weighted by Crippen LogP contribution is 2.21.